The molecule has 18 heavy (non-hydrogen) atoms. The topological polar surface area (TPSA) is 101 Å². The Kier molecular flexibility index (Phi) is 3.38. The number of aromatic amines is 1. The highest BCUT2D eigenvalue weighted by Crippen LogP contribution is 2.20. The molecule has 0 fully saturated rings. The third kappa shape index (κ3) is 2.54. The maximum absolute atomic E-state index is 11.8. The van der Waals surface area contributed by atoms with Crippen LogP contribution < -0.4 is 11.1 Å². The monoisotopic (exact) mass is 244 g/mol. The SMILES string of the molecule is NC(=O)CNC(=O)c1cn[nH]c1-c1ccccc1. The van der Waals surface area contributed by atoms with Crippen LogP contribution in [-0.2, 0) is 4.79 Å². The van der Waals surface area contributed by atoms with Gasteiger partial charge in [0.15, 0.2) is 0 Å². The van der Waals surface area contributed by atoms with Gasteiger partial charge in [-0.3, -0.25) is 14.7 Å². The Balaban J connectivity index is 2.23. The van der Waals surface area contributed by atoms with Crippen molar-refractivity contribution in [2.45, 2.75) is 0 Å². The van der Waals surface area contributed by atoms with E-state index in [2.05, 4.69) is 15.5 Å². The van der Waals surface area contributed by atoms with Crippen molar-refractivity contribution in [2.24, 2.45) is 5.73 Å². The van der Waals surface area contributed by atoms with Crippen LogP contribution in [0.5, 0.6) is 0 Å². The molecule has 1 aromatic heterocycles. The van der Waals surface area contributed by atoms with Crippen molar-refractivity contribution in [3.8, 4) is 11.3 Å². The molecule has 2 aromatic rings. The van der Waals surface area contributed by atoms with Gasteiger partial charge in [-0.05, 0) is 0 Å². The lowest BCUT2D eigenvalue weighted by Crippen LogP contribution is -2.33. The highest BCUT2D eigenvalue weighted by Gasteiger charge is 2.14. The molecule has 0 bridgehead atoms. The zero-order valence-corrected chi connectivity index (χ0v) is 9.51. The van der Waals surface area contributed by atoms with E-state index >= 15 is 0 Å². The summed E-state index contributed by atoms with van der Waals surface area (Å²) >= 11 is 0. The average molecular weight is 244 g/mol. The van der Waals surface area contributed by atoms with Crippen molar-refractivity contribution in [1.29, 1.82) is 0 Å². The van der Waals surface area contributed by atoms with Gasteiger partial charge in [0, 0.05) is 5.56 Å². The first-order valence-electron chi connectivity index (χ1n) is 5.34. The number of H-pyrrole nitrogens is 1. The van der Waals surface area contributed by atoms with Crippen molar-refractivity contribution in [3.05, 3.63) is 42.1 Å². The Hall–Kier alpha value is -2.63. The molecule has 0 unspecified atom stereocenters. The van der Waals surface area contributed by atoms with E-state index in [-0.39, 0.29) is 12.5 Å². The van der Waals surface area contributed by atoms with Gasteiger partial charge in [-0.2, -0.15) is 5.10 Å². The minimum Gasteiger partial charge on any atom is -0.368 e. The van der Waals surface area contributed by atoms with Gasteiger partial charge in [-0.1, -0.05) is 30.3 Å². The molecular weight excluding hydrogens is 232 g/mol. The van der Waals surface area contributed by atoms with E-state index in [0.29, 0.717) is 11.3 Å². The largest absolute Gasteiger partial charge is 0.368 e. The first kappa shape index (κ1) is 11.8. The lowest BCUT2D eigenvalue weighted by Gasteiger charge is -2.03. The fourth-order valence-electron chi connectivity index (χ4n) is 1.55. The number of primary amides is 1. The second-order valence-corrected chi connectivity index (χ2v) is 3.67. The van der Waals surface area contributed by atoms with E-state index in [9.17, 15) is 9.59 Å². The van der Waals surface area contributed by atoms with Crippen molar-refractivity contribution >= 4 is 11.8 Å². The van der Waals surface area contributed by atoms with Gasteiger partial charge in [0.2, 0.25) is 5.91 Å². The lowest BCUT2D eigenvalue weighted by molar-refractivity contribution is -0.117. The quantitative estimate of drug-likeness (QED) is 0.720. The predicted octanol–water partition coefficient (Wildman–Crippen LogP) is 0.292. The maximum atomic E-state index is 11.8. The first-order valence-corrected chi connectivity index (χ1v) is 5.34. The van der Waals surface area contributed by atoms with Crippen LogP contribution in [0.25, 0.3) is 11.3 Å². The van der Waals surface area contributed by atoms with Gasteiger partial charge in [0.05, 0.1) is 24.0 Å². The van der Waals surface area contributed by atoms with Crippen LogP contribution in [0.3, 0.4) is 0 Å². The predicted molar refractivity (Wildman–Crippen MR) is 65.6 cm³/mol. The highest BCUT2D eigenvalue weighted by molar-refractivity contribution is 6.01. The van der Waals surface area contributed by atoms with E-state index in [4.69, 9.17) is 5.73 Å². The molecule has 0 spiro atoms. The summed E-state index contributed by atoms with van der Waals surface area (Å²) < 4.78 is 0. The number of benzene rings is 1. The summed E-state index contributed by atoms with van der Waals surface area (Å²) in [5, 5.41) is 9.03. The Labute approximate surface area is 103 Å². The summed E-state index contributed by atoms with van der Waals surface area (Å²) in [5.74, 6) is -0.977. The highest BCUT2D eigenvalue weighted by atomic mass is 16.2. The molecule has 0 saturated carbocycles. The molecule has 0 aliphatic carbocycles. The Morgan fingerprint density at radius 3 is 2.67 bits per heavy atom. The number of carbonyl (C=O) groups excluding carboxylic acids is 2. The second-order valence-electron chi connectivity index (χ2n) is 3.67. The average Bonchev–Trinajstić information content (AvgIpc) is 2.86. The van der Waals surface area contributed by atoms with E-state index < -0.39 is 5.91 Å². The summed E-state index contributed by atoms with van der Waals surface area (Å²) in [7, 11) is 0. The molecule has 2 amide bonds. The number of nitrogens with one attached hydrogen (secondary N) is 2. The molecule has 0 saturated heterocycles. The number of aromatic nitrogens is 2. The minimum atomic E-state index is -0.590. The zero-order valence-electron chi connectivity index (χ0n) is 9.51. The number of nitrogens with zero attached hydrogens (tertiary/aromatic N) is 1. The van der Waals surface area contributed by atoms with Gasteiger partial charge in [0.1, 0.15) is 0 Å². The van der Waals surface area contributed by atoms with E-state index in [1.54, 1.807) is 0 Å². The third-order valence-corrected chi connectivity index (χ3v) is 2.37. The number of rotatable bonds is 4. The Bertz CT molecular complexity index is 562. The van der Waals surface area contributed by atoms with E-state index in [1.165, 1.54) is 6.20 Å². The summed E-state index contributed by atoms with van der Waals surface area (Å²) in [6.45, 7) is -0.196. The van der Waals surface area contributed by atoms with Crippen LogP contribution in [0.2, 0.25) is 0 Å². The summed E-state index contributed by atoms with van der Waals surface area (Å²) in [5.41, 5.74) is 6.80. The Morgan fingerprint density at radius 1 is 1.28 bits per heavy atom. The molecular formula is C12H12N4O2. The lowest BCUT2D eigenvalue weighted by atomic mass is 10.1. The molecule has 4 N–H and O–H groups in total. The standard InChI is InChI=1S/C12H12N4O2/c13-10(17)7-14-12(18)9-6-15-16-11(9)8-4-2-1-3-5-8/h1-6H,7H2,(H2,13,17)(H,14,18)(H,15,16). The molecule has 1 aromatic carbocycles. The normalized spacial score (nSPS) is 10.0. The van der Waals surface area contributed by atoms with Crippen molar-refractivity contribution < 1.29 is 9.59 Å². The van der Waals surface area contributed by atoms with Crippen LogP contribution in [0.4, 0.5) is 0 Å². The molecule has 1 heterocycles. The molecule has 6 nitrogen and oxygen atoms in total. The molecule has 0 aliphatic heterocycles. The van der Waals surface area contributed by atoms with Crippen molar-refractivity contribution in [2.75, 3.05) is 6.54 Å². The van der Waals surface area contributed by atoms with Crippen LogP contribution >= 0.6 is 0 Å². The number of hydrogen-bond acceptors (Lipinski definition) is 3. The van der Waals surface area contributed by atoms with Crippen LogP contribution in [0, 0.1) is 0 Å². The van der Waals surface area contributed by atoms with Gasteiger partial charge < -0.3 is 11.1 Å². The third-order valence-electron chi connectivity index (χ3n) is 2.37. The fourth-order valence-corrected chi connectivity index (χ4v) is 1.55. The van der Waals surface area contributed by atoms with Gasteiger partial charge in [0.25, 0.3) is 5.91 Å². The maximum Gasteiger partial charge on any atom is 0.255 e. The summed E-state index contributed by atoms with van der Waals surface area (Å²) in [6.07, 6.45) is 1.42. The van der Waals surface area contributed by atoms with Crippen LogP contribution in [0.15, 0.2) is 36.5 Å². The summed E-state index contributed by atoms with van der Waals surface area (Å²) in [4.78, 5) is 22.4. The zero-order chi connectivity index (χ0) is 13.0. The minimum absolute atomic E-state index is 0.196. The number of carbonyl (C=O) groups is 2. The van der Waals surface area contributed by atoms with Gasteiger partial charge in [-0.25, -0.2) is 0 Å². The van der Waals surface area contributed by atoms with E-state index in [1.807, 2.05) is 30.3 Å². The Morgan fingerprint density at radius 2 is 2.00 bits per heavy atom. The molecule has 6 heteroatoms. The van der Waals surface area contributed by atoms with E-state index in [0.717, 1.165) is 5.56 Å². The van der Waals surface area contributed by atoms with Crippen LogP contribution in [-0.4, -0.2) is 28.6 Å². The number of nitrogens with two attached hydrogens (primary N) is 1. The van der Waals surface area contributed by atoms with Crippen molar-refractivity contribution in [1.82, 2.24) is 15.5 Å². The first-order chi connectivity index (χ1) is 8.68. The second kappa shape index (κ2) is 5.13. The molecule has 0 radical (unpaired) electrons. The van der Waals surface area contributed by atoms with Crippen molar-refractivity contribution in [3.63, 3.8) is 0 Å². The molecule has 0 aliphatic rings. The van der Waals surface area contributed by atoms with Gasteiger partial charge in [-0.15, -0.1) is 0 Å². The van der Waals surface area contributed by atoms with Crippen LogP contribution in [0.1, 0.15) is 10.4 Å². The summed E-state index contributed by atoms with van der Waals surface area (Å²) in [6, 6.07) is 9.33. The number of amides is 2. The van der Waals surface area contributed by atoms with Gasteiger partial charge >= 0.3 is 0 Å². The molecule has 0 atom stereocenters. The fraction of sp³-hybridized carbons (Fsp3) is 0.0833. The molecule has 92 valence electrons. The number of hydrogen-bond donors (Lipinski definition) is 3. The molecule has 2 rings (SSSR count). The smallest absolute Gasteiger partial charge is 0.255 e.